The Bertz CT molecular complexity index is 887. The second-order valence-electron chi connectivity index (χ2n) is 7.34. The minimum Gasteiger partial charge on any atom is -0.508 e. The highest BCUT2D eigenvalue weighted by molar-refractivity contribution is 5.92. The van der Waals surface area contributed by atoms with Gasteiger partial charge in [0.05, 0.1) is 5.69 Å². The summed E-state index contributed by atoms with van der Waals surface area (Å²) in [5.41, 5.74) is 4.68. The van der Waals surface area contributed by atoms with E-state index in [0.29, 0.717) is 11.7 Å². The lowest BCUT2D eigenvalue weighted by Gasteiger charge is -2.24. The molecule has 0 saturated heterocycles. The molecule has 3 nitrogen and oxygen atoms in total. The maximum Gasteiger partial charge on any atom is 0.116 e. The normalized spacial score (nSPS) is 15.7. The molecule has 130 valence electrons. The lowest BCUT2D eigenvalue weighted by molar-refractivity contribution is 0.323. The van der Waals surface area contributed by atoms with Crippen molar-refractivity contribution in [1.82, 2.24) is 4.57 Å². The van der Waals surface area contributed by atoms with Gasteiger partial charge in [-0.25, -0.2) is 0 Å². The topological polar surface area (TPSA) is 45.4 Å². The van der Waals surface area contributed by atoms with Gasteiger partial charge in [-0.2, -0.15) is 0 Å². The first-order valence-electron chi connectivity index (χ1n) is 9.24. The zero-order chi connectivity index (χ0) is 17.4. The molecule has 1 aromatic heterocycles. The molecule has 0 atom stereocenters. The van der Waals surface area contributed by atoms with Crippen LogP contribution in [-0.4, -0.2) is 14.8 Å². The Balaban J connectivity index is 1.87. The van der Waals surface area contributed by atoms with Crippen LogP contribution in [0.15, 0.2) is 42.5 Å². The van der Waals surface area contributed by atoms with Gasteiger partial charge in [0.15, 0.2) is 0 Å². The third-order valence-corrected chi connectivity index (χ3v) is 5.61. The number of phenolic OH excluding ortho intramolecular Hbond substituents is 2. The summed E-state index contributed by atoms with van der Waals surface area (Å²) < 4.78 is 2.42. The van der Waals surface area contributed by atoms with Crippen molar-refractivity contribution in [2.75, 3.05) is 0 Å². The van der Waals surface area contributed by atoms with Crippen LogP contribution in [0.1, 0.15) is 37.7 Å². The van der Waals surface area contributed by atoms with E-state index in [1.807, 2.05) is 24.3 Å². The molecule has 2 N–H and O–H groups in total. The van der Waals surface area contributed by atoms with Crippen molar-refractivity contribution in [3.8, 4) is 22.8 Å². The van der Waals surface area contributed by atoms with Crippen LogP contribution in [0.25, 0.3) is 22.2 Å². The van der Waals surface area contributed by atoms with Crippen LogP contribution in [0.4, 0.5) is 0 Å². The predicted octanol–water partition coefficient (Wildman–Crippen LogP) is 5.61. The van der Waals surface area contributed by atoms with Crippen LogP contribution in [0, 0.1) is 12.8 Å². The minimum absolute atomic E-state index is 0.286. The molecule has 1 aliphatic rings. The highest BCUT2D eigenvalue weighted by atomic mass is 16.3. The fourth-order valence-corrected chi connectivity index (χ4v) is 4.32. The average Bonchev–Trinajstić information content (AvgIpc) is 2.88. The standard InChI is InChI=1S/C22H25NO2/c1-15-20-13-19(25)11-12-21(20)23(14-16-5-3-2-4-6-16)22(15)17-7-9-18(24)10-8-17/h7-13,16,24-25H,2-6,14H2,1H3. The zero-order valence-corrected chi connectivity index (χ0v) is 14.7. The summed E-state index contributed by atoms with van der Waals surface area (Å²) in [7, 11) is 0. The molecule has 0 aliphatic heterocycles. The van der Waals surface area contributed by atoms with Crippen LogP contribution < -0.4 is 0 Å². The summed E-state index contributed by atoms with van der Waals surface area (Å²) in [6.07, 6.45) is 6.62. The molecule has 4 rings (SSSR count). The highest BCUT2D eigenvalue weighted by Gasteiger charge is 2.20. The molecular weight excluding hydrogens is 310 g/mol. The van der Waals surface area contributed by atoms with E-state index in [0.717, 1.165) is 17.5 Å². The quantitative estimate of drug-likeness (QED) is 0.653. The second-order valence-corrected chi connectivity index (χ2v) is 7.34. The van der Waals surface area contributed by atoms with E-state index in [1.54, 1.807) is 18.2 Å². The monoisotopic (exact) mass is 335 g/mol. The lowest BCUT2D eigenvalue weighted by Crippen LogP contribution is -2.14. The van der Waals surface area contributed by atoms with Crippen LogP contribution >= 0.6 is 0 Å². The smallest absolute Gasteiger partial charge is 0.116 e. The Labute approximate surface area is 148 Å². The van der Waals surface area contributed by atoms with Crippen LogP contribution in [0.3, 0.4) is 0 Å². The first kappa shape index (κ1) is 16.1. The number of aromatic hydroxyl groups is 2. The maximum absolute atomic E-state index is 9.94. The number of phenols is 2. The van der Waals surface area contributed by atoms with E-state index >= 15 is 0 Å². The third kappa shape index (κ3) is 2.99. The van der Waals surface area contributed by atoms with Gasteiger partial charge in [-0.3, -0.25) is 0 Å². The number of aromatic nitrogens is 1. The average molecular weight is 335 g/mol. The summed E-state index contributed by atoms with van der Waals surface area (Å²) in [4.78, 5) is 0. The molecule has 3 aromatic rings. The number of fused-ring (bicyclic) bond motifs is 1. The zero-order valence-electron chi connectivity index (χ0n) is 14.7. The summed E-state index contributed by atoms with van der Waals surface area (Å²) in [5, 5.41) is 20.7. The molecule has 1 aliphatic carbocycles. The van der Waals surface area contributed by atoms with Crippen molar-refractivity contribution in [1.29, 1.82) is 0 Å². The summed E-state index contributed by atoms with van der Waals surface area (Å²) in [6.45, 7) is 3.15. The van der Waals surface area contributed by atoms with Gasteiger partial charge in [-0.05, 0) is 79.3 Å². The van der Waals surface area contributed by atoms with E-state index < -0.39 is 0 Å². The van der Waals surface area contributed by atoms with Crippen LogP contribution in [0.5, 0.6) is 11.5 Å². The van der Waals surface area contributed by atoms with Gasteiger partial charge in [0, 0.05) is 17.4 Å². The summed E-state index contributed by atoms with van der Waals surface area (Å²) >= 11 is 0. The molecule has 1 fully saturated rings. The minimum atomic E-state index is 0.286. The van der Waals surface area contributed by atoms with Crippen molar-refractivity contribution in [2.45, 2.75) is 45.6 Å². The molecular formula is C22H25NO2. The van der Waals surface area contributed by atoms with Gasteiger partial charge in [0.2, 0.25) is 0 Å². The number of hydrogen-bond donors (Lipinski definition) is 2. The SMILES string of the molecule is Cc1c(-c2ccc(O)cc2)n(CC2CCCCC2)c2ccc(O)cc12. The van der Waals surface area contributed by atoms with E-state index in [4.69, 9.17) is 0 Å². The molecule has 1 heterocycles. The molecule has 25 heavy (non-hydrogen) atoms. The van der Waals surface area contributed by atoms with E-state index in [1.165, 1.54) is 48.9 Å². The van der Waals surface area contributed by atoms with Gasteiger partial charge in [0.25, 0.3) is 0 Å². The summed E-state index contributed by atoms with van der Waals surface area (Å²) in [6, 6.07) is 13.1. The number of rotatable bonds is 3. The van der Waals surface area contributed by atoms with E-state index in [-0.39, 0.29) is 5.75 Å². The fraction of sp³-hybridized carbons (Fsp3) is 0.364. The van der Waals surface area contributed by atoms with Crippen molar-refractivity contribution in [2.24, 2.45) is 5.92 Å². The molecule has 0 unspecified atom stereocenters. The molecule has 0 amide bonds. The van der Waals surface area contributed by atoms with Gasteiger partial charge < -0.3 is 14.8 Å². The number of nitrogens with zero attached hydrogens (tertiary/aromatic N) is 1. The molecule has 0 bridgehead atoms. The van der Waals surface area contributed by atoms with Crippen molar-refractivity contribution >= 4 is 10.9 Å². The Morgan fingerprint density at radius 3 is 2.32 bits per heavy atom. The van der Waals surface area contributed by atoms with Gasteiger partial charge in [0.1, 0.15) is 11.5 Å². The Kier molecular flexibility index (Phi) is 4.16. The number of aryl methyl sites for hydroxylation is 1. The van der Waals surface area contributed by atoms with Crippen LogP contribution in [0.2, 0.25) is 0 Å². The number of benzene rings is 2. The second kappa shape index (κ2) is 6.47. The van der Waals surface area contributed by atoms with Crippen molar-refractivity contribution in [3.05, 3.63) is 48.0 Å². The van der Waals surface area contributed by atoms with E-state index in [2.05, 4.69) is 11.5 Å². The summed E-state index contributed by atoms with van der Waals surface area (Å²) in [5.74, 6) is 1.31. The third-order valence-electron chi connectivity index (χ3n) is 5.61. The van der Waals surface area contributed by atoms with Crippen molar-refractivity contribution in [3.63, 3.8) is 0 Å². The number of hydrogen-bond acceptors (Lipinski definition) is 2. The Morgan fingerprint density at radius 2 is 1.60 bits per heavy atom. The largest absolute Gasteiger partial charge is 0.508 e. The molecule has 3 heteroatoms. The molecule has 1 saturated carbocycles. The van der Waals surface area contributed by atoms with Gasteiger partial charge in [-0.1, -0.05) is 19.3 Å². The van der Waals surface area contributed by atoms with Crippen molar-refractivity contribution < 1.29 is 10.2 Å². The van der Waals surface area contributed by atoms with E-state index in [9.17, 15) is 10.2 Å². The molecule has 2 aromatic carbocycles. The molecule has 0 radical (unpaired) electrons. The lowest BCUT2D eigenvalue weighted by atomic mass is 9.89. The van der Waals surface area contributed by atoms with Crippen LogP contribution in [-0.2, 0) is 6.54 Å². The first-order chi connectivity index (χ1) is 12.1. The van der Waals surface area contributed by atoms with Gasteiger partial charge in [-0.15, -0.1) is 0 Å². The Hall–Kier alpha value is -2.42. The Morgan fingerprint density at radius 1 is 0.920 bits per heavy atom. The fourth-order valence-electron chi connectivity index (χ4n) is 4.32. The predicted molar refractivity (Wildman–Crippen MR) is 102 cm³/mol. The highest BCUT2D eigenvalue weighted by Crippen LogP contribution is 2.37. The first-order valence-corrected chi connectivity index (χ1v) is 9.24. The van der Waals surface area contributed by atoms with Gasteiger partial charge >= 0.3 is 0 Å². The maximum atomic E-state index is 9.94. The molecule has 0 spiro atoms.